The largest absolute Gasteiger partial charge is 0.384 e. The van der Waals surface area contributed by atoms with Gasteiger partial charge in [0.25, 0.3) is 0 Å². The van der Waals surface area contributed by atoms with Crippen molar-refractivity contribution in [2.24, 2.45) is 16.1 Å². The van der Waals surface area contributed by atoms with E-state index in [9.17, 15) is 0 Å². The fourth-order valence-electron chi connectivity index (χ4n) is 0.519. The number of rotatable bonds is 1. The Hall–Kier alpha value is -1.65. The third kappa shape index (κ3) is 1.70. The van der Waals surface area contributed by atoms with E-state index in [1.165, 1.54) is 12.3 Å². The highest BCUT2D eigenvalue weighted by Crippen LogP contribution is 1.97. The van der Waals surface area contributed by atoms with Crippen LogP contribution in [0.15, 0.2) is 34.4 Å². The number of nitrogens with one attached hydrogen (secondary N) is 2. The maximum Gasteiger partial charge on any atom is 0.117 e. The lowest BCUT2D eigenvalue weighted by Crippen LogP contribution is -2.11. The highest BCUT2D eigenvalue weighted by Gasteiger charge is 1.92. The first-order valence-electron chi connectivity index (χ1n) is 2.67. The Bertz CT molecular complexity index is 224. The van der Waals surface area contributed by atoms with E-state index in [0.29, 0.717) is 5.70 Å². The second-order valence-electron chi connectivity index (χ2n) is 1.70. The van der Waals surface area contributed by atoms with Gasteiger partial charge in [-0.05, 0) is 6.08 Å². The summed E-state index contributed by atoms with van der Waals surface area (Å²) in [6, 6.07) is 0. The average molecular weight is 137 g/mol. The van der Waals surface area contributed by atoms with Gasteiger partial charge in [-0.15, -0.1) is 5.11 Å². The predicted octanol–water partition coefficient (Wildman–Crippen LogP) is 0.290. The molecule has 0 amide bonds. The topological polar surface area (TPSA) is 86.6 Å². The zero-order valence-electron chi connectivity index (χ0n) is 5.20. The van der Waals surface area contributed by atoms with Crippen LogP contribution < -0.4 is 11.2 Å². The molecule has 1 rings (SSSR count). The van der Waals surface area contributed by atoms with E-state index in [0.717, 1.165) is 0 Å². The van der Waals surface area contributed by atoms with Crippen molar-refractivity contribution in [3.8, 4) is 0 Å². The maximum atomic E-state index is 6.89. The standard InChI is InChI=1S/C5H7N5/c6-5(7)3-4-1-2-8-10-9-4/h1-3H,(H3,6,7)(H,8,9). The Kier molecular flexibility index (Phi) is 1.79. The molecule has 0 unspecified atom stereocenters. The Morgan fingerprint density at radius 1 is 1.80 bits per heavy atom. The fourth-order valence-corrected chi connectivity index (χ4v) is 0.519. The van der Waals surface area contributed by atoms with Crippen LogP contribution >= 0.6 is 0 Å². The monoisotopic (exact) mass is 137 g/mol. The van der Waals surface area contributed by atoms with Crippen LogP contribution in [0.2, 0.25) is 0 Å². The van der Waals surface area contributed by atoms with Gasteiger partial charge in [0.2, 0.25) is 0 Å². The first-order chi connectivity index (χ1) is 4.79. The van der Waals surface area contributed by atoms with E-state index >= 15 is 0 Å². The van der Waals surface area contributed by atoms with Crippen LogP contribution in [0.5, 0.6) is 0 Å². The Balaban J connectivity index is 2.67. The molecular formula is C5H7N5. The summed E-state index contributed by atoms with van der Waals surface area (Å²) in [6.07, 6.45) is 4.65. The summed E-state index contributed by atoms with van der Waals surface area (Å²) in [5.41, 5.74) is 8.32. The molecule has 4 N–H and O–H groups in total. The number of hydrogen-bond acceptors (Lipinski definition) is 4. The van der Waals surface area contributed by atoms with Gasteiger partial charge < -0.3 is 5.73 Å². The van der Waals surface area contributed by atoms with Crippen molar-refractivity contribution >= 4 is 5.84 Å². The molecule has 1 aliphatic rings. The van der Waals surface area contributed by atoms with Crippen molar-refractivity contribution in [3.05, 3.63) is 24.0 Å². The van der Waals surface area contributed by atoms with Gasteiger partial charge >= 0.3 is 0 Å². The van der Waals surface area contributed by atoms with Crippen molar-refractivity contribution in [2.75, 3.05) is 0 Å². The minimum atomic E-state index is -0.00995. The minimum absolute atomic E-state index is 0.00995. The lowest BCUT2D eigenvalue weighted by atomic mass is 10.4. The third-order valence-corrected chi connectivity index (χ3v) is 0.869. The van der Waals surface area contributed by atoms with Gasteiger partial charge in [0, 0.05) is 6.08 Å². The number of hydrogen-bond donors (Lipinski definition) is 3. The SMILES string of the molecule is N=C(N)C=C1C=CN=NN1. The molecule has 0 bridgehead atoms. The second-order valence-corrected chi connectivity index (χ2v) is 1.70. The lowest BCUT2D eigenvalue weighted by molar-refractivity contribution is 0.814. The van der Waals surface area contributed by atoms with Crippen molar-refractivity contribution in [1.82, 2.24) is 5.43 Å². The molecule has 0 radical (unpaired) electrons. The van der Waals surface area contributed by atoms with Crippen LogP contribution in [0.3, 0.4) is 0 Å². The van der Waals surface area contributed by atoms with Gasteiger partial charge in [-0.1, -0.05) is 5.22 Å². The Morgan fingerprint density at radius 2 is 2.60 bits per heavy atom. The van der Waals surface area contributed by atoms with Crippen LogP contribution in [-0.2, 0) is 0 Å². The van der Waals surface area contributed by atoms with E-state index < -0.39 is 0 Å². The van der Waals surface area contributed by atoms with Crippen LogP contribution in [0.1, 0.15) is 0 Å². The molecule has 0 atom stereocenters. The summed E-state index contributed by atoms with van der Waals surface area (Å²) in [7, 11) is 0. The van der Waals surface area contributed by atoms with Gasteiger partial charge in [0.15, 0.2) is 0 Å². The number of nitrogens with zero attached hydrogens (tertiary/aromatic N) is 2. The summed E-state index contributed by atoms with van der Waals surface area (Å²) >= 11 is 0. The first kappa shape index (κ1) is 6.47. The average Bonchev–Trinajstić information content (AvgIpc) is 1.88. The molecule has 5 nitrogen and oxygen atoms in total. The van der Waals surface area contributed by atoms with Gasteiger partial charge in [0.1, 0.15) is 5.84 Å². The molecular weight excluding hydrogens is 130 g/mol. The third-order valence-electron chi connectivity index (χ3n) is 0.869. The molecule has 0 aromatic carbocycles. The number of amidine groups is 1. The molecule has 0 aromatic heterocycles. The maximum absolute atomic E-state index is 6.89. The van der Waals surface area contributed by atoms with E-state index in [1.807, 2.05) is 0 Å². The van der Waals surface area contributed by atoms with Crippen molar-refractivity contribution in [3.63, 3.8) is 0 Å². The molecule has 10 heavy (non-hydrogen) atoms. The predicted molar refractivity (Wildman–Crippen MR) is 37.1 cm³/mol. The summed E-state index contributed by atoms with van der Waals surface area (Å²) in [4.78, 5) is 0. The van der Waals surface area contributed by atoms with E-state index in [1.54, 1.807) is 6.08 Å². The van der Waals surface area contributed by atoms with Crippen molar-refractivity contribution in [2.45, 2.75) is 0 Å². The van der Waals surface area contributed by atoms with E-state index in [4.69, 9.17) is 11.1 Å². The van der Waals surface area contributed by atoms with Crippen molar-refractivity contribution < 1.29 is 0 Å². The Labute approximate surface area is 57.8 Å². The van der Waals surface area contributed by atoms with Crippen molar-refractivity contribution in [1.29, 1.82) is 5.41 Å². The molecule has 1 heterocycles. The molecule has 1 aliphatic heterocycles. The van der Waals surface area contributed by atoms with Crippen LogP contribution in [0.4, 0.5) is 0 Å². The first-order valence-corrected chi connectivity index (χ1v) is 2.67. The van der Waals surface area contributed by atoms with Crippen LogP contribution in [-0.4, -0.2) is 5.84 Å². The smallest absolute Gasteiger partial charge is 0.117 e. The van der Waals surface area contributed by atoms with E-state index in [-0.39, 0.29) is 5.84 Å². The molecule has 0 saturated heterocycles. The van der Waals surface area contributed by atoms with E-state index in [2.05, 4.69) is 15.8 Å². The quantitative estimate of drug-likeness (QED) is 0.358. The fraction of sp³-hybridized carbons (Fsp3) is 0. The van der Waals surface area contributed by atoms with Gasteiger partial charge in [0.05, 0.1) is 11.9 Å². The normalized spacial score (nSPS) is 19.0. The summed E-state index contributed by atoms with van der Waals surface area (Å²) in [5.74, 6) is -0.00995. The molecule has 0 spiro atoms. The van der Waals surface area contributed by atoms with Gasteiger partial charge in [-0.2, -0.15) is 0 Å². The summed E-state index contributed by atoms with van der Waals surface area (Å²) < 4.78 is 0. The molecule has 0 aliphatic carbocycles. The zero-order chi connectivity index (χ0) is 7.40. The summed E-state index contributed by atoms with van der Waals surface area (Å²) in [6.45, 7) is 0. The van der Waals surface area contributed by atoms with Gasteiger partial charge in [-0.3, -0.25) is 10.8 Å². The zero-order valence-corrected chi connectivity index (χ0v) is 5.20. The van der Waals surface area contributed by atoms with Crippen LogP contribution in [0.25, 0.3) is 0 Å². The molecule has 0 aromatic rings. The highest BCUT2D eigenvalue weighted by molar-refractivity contribution is 5.89. The van der Waals surface area contributed by atoms with Gasteiger partial charge in [-0.25, -0.2) is 0 Å². The minimum Gasteiger partial charge on any atom is -0.384 e. The Morgan fingerprint density at radius 3 is 3.10 bits per heavy atom. The molecule has 5 heteroatoms. The second kappa shape index (κ2) is 2.77. The molecule has 0 fully saturated rings. The lowest BCUT2D eigenvalue weighted by Gasteiger charge is -2.00. The summed E-state index contributed by atoms with van der Waals surface area (Å²) in [5, 5.41) is 13.9. The number of allylic oxidation sites excluding steroid dienone is 1. The number of nitrogens with two attached hydrogens (primary N) is 1. The van der Waals surface area contributed by atoms with Crippen LogP contribution in [0, 0.1) is 5.41 Å². The molecule has 52 valence electrons. The highest BCUT2D eigenvalue weighted by atomic mass is 15.4. The molecule has 0 saturated carbocycles.